The van der Waals surface area contributed by atoms with Gasteiger partial charge in [-0.25, -0.2) is 4.79 Å². The Balaban J connectivity index is 1.50. The van der Waals surface area contributed by atoms with E-state index in [2.05, 4.69) is 20.8 Å². The van der Waals surface area contributed by atoms with Gasteiger partial charge in [-0.15, -0.1) is 10.2 Å². The largest absolute Gasteiger partial charge is 0.421 e. The predicted octanol–water partition coefficient (Wildman–Crippen LogP) is 2.28. The fourth-order valence-electron chi connectivity index (χ4n) is 2.36. The Kier molecular flexibility index (Phi) is 5.43. The van der Waals surface area contributed by atoms with Crippen LogP contribution in [0.25, 0.3) is 11.5 Å². The van der Waals surface area contributed by atoms with E-state index in [0.29, 0.717) is 37.0 Å². The van der Waals surface area contributed by atoms with Gasteiger partial charge in [0.25, 0.3) is 5.56 Å². The number of anilines is 1. The highest BCUT2D eigenvalue weighted by atomic mass is 16.4. The second-order valence-electron chi connectivity index (χ2n) is 5.54. The lowest BCUT2D eigenvalue weighted by atomic mass is 10.2. The molecule has 0 atom stereocenters. The topological polar surface area (TPSA) is 102 Å². The summed E-state index contributed by atoms with van der Waals surface area (Å²) in [6, 6.07) is 12.1. The maximum atomic E-state index is 11.9. The highest BCUT2D eigenvalue weighted by Gasteiger charge is 2.09. The number of aromatic nitrogens is 3. The van der Waals surface area contributed by atoms with Crippen molar-refractivity contribution < 1.29 is 9.21 Å². The molecule has 0 saturated heterocycles. The number of hydrogen-bond donors (Lipinski definition) is 2. The van der Waals surface area contributed by atoms with Crippen molar-refractivity contribution in [3.63, 3.8) is 0 Å². The van der Waals surface area contributed by atoms with Crippen LogP contribution < -0.4 is 16.2 Å². The van der Waals surface area contributed by atoms with Crippen LogP contribution in [0.15, 0.2) is 57.9 Å². The van der Waals surface area contributed by atoms with Gasteiger partial charge in [0.05, 0.1) is 5.69 Å². The number of benzene rings is 1. The van der Waals surface area contributed by atoms with Gasteiger partial charge in [0, 0.05) is 37.3 Å². The summed E-state index contributed by atoms with van der Waals surface area (Å²) in [5.41, 5.74) is 1.29. The van der Waals surface area contributed by atoms with E-state index in [4.69, 9.17) is 4.42 Å². The van der Waals surface area contributed by atoms with Gasteiger partial charge in [-0.1, -0.05) is 18.2 Å². The van der Waals surface area contributed by atoms with Crippen molar-refractivity contribution in [3.05, 3.63) is 64.9 Å². The molecule has 2 aromatic heterocycles. The first-order valence-corrected chi connectivity index (χ1v) is 8.29. The summed E-state index contributed by atoms with van der Waals surface area (Å²) >= 11 is 0. The van der Waals surface area contributed by atoms with Crippen LogP contribution in [0.5, 0.6) is 0 Å². The maximum Gasteiger partial charge on any atom is 0.319 e. The third-order valence-electron chi connectivity index (χ3n) is 3.69. The van der Waals surface area contributed by atoms with Crippen LogP contribution in [-0.2, 0) is 13.0 Å². The number of aryl methyl sites for hydroxylation is 1. The average Bonchev–Trinajstić information content (AvgIpc) is 3.13. The summed E-state index contributed by atoms with van der Waals surface area (Å²) in [4.78, 5) is 23.5. The van der Waals surface area contributed by atoms with Crippen molar-refractivity contribution in [2.75, 3.05) is 11.9 Å². The normalized spacial score (nSPS) is 10.5. The number of carbonyl (C=O) groups is 1. The zero-order valence-corrected chi connectivity index (χ0v) is 14.3. The first kappa shape index (κ1) is 17.4. The Morgan fingerprint density at radius 1 is 1.15 bits per heavy atom. The van der Waals surface area contributed by atoms with Gasteiger partial charge in [-0.3, -0.25) is 4.79 Å². The van der Waals surface area contributed by atoms with Gasteiger partial charge >= 0.3 is 6.03 Å². The molecule has 2 amide bonds. The third kappa shape index (κ3) is 4.35. The highest BCUT2D eigenvalue weighted by Crippen LogP contribution is 2.16. The van der Waals surface area contributed by atoms with Gasteiger partial charge < -0.3 is 19.6 Å². The van der Waals surface area contributed by atoms with Crippen molar-refractivity contribution in [1.82, 2.24) is 20.1 Å². The van der Waals surface area contributed by atoms with Gasteiger partial charge in [0.2, 0.25) is 11.8 Å². The number of nitrogens with one attached hydrogen (secondary N) is 2. The lowest BCUT2D eigenvalue weighted by Crippen LogP contribution is -2.31. The Morgan fingerprint density at radius 3 is 2.73 bits per heavy atom. The van der Waals surface area contributed by atoms with Gasteiger partial charge in [0.15, 0.2) is 0 Å². The lowest BCUT2D eigenvalue weighted by Gasteiger charge is -2.08. The van der Waals surface area contributed by atoms with Gasteiger partial charge in [0.1, 0.15) is 0 Å². The zero-order valence-electron chi connectivity index (χ0n) is 14.3. The Morgan fingerprint density at radius 2 is 1.96 bits per heavy atom. The summed E-state index contributed by atoms with van der Waals surface area (Å²) in [6.45, 7) is 2.74. The monoisotopic (exact) mass is 353 g/mol. The maximum absolute atomic E-state index is 11.9. The molecule has 2 N–H and O–H groups in total. The molecule has 0 radical (unpaired) electrons. The van der Waals surface area contributed by atoms with Crippen molar-refractivity contribution in [2.24, 2.45) is 0 Å². The van der Waals surface area contributed by atoms with Crippen LogP contribution in [0, 0.1) is 0 Å². The van der Waals surface area contributed by atoms with E-state index in [1.807, 2.05) is 37.3 Å². The first-order valence-electron chi connectivity index (χ1n) is 8.29. The molecule has 3 rings (SSSR count). The first-order chi connectivity index (χ1) is 12.7. The molecule has 8 nitrogen and oxygen atoms in total. The van der Waals surface area contributed by atoms with E-state index in [0.717, 1.165) is 5.56 Å². The SMILES string of the molecule is CCn1cc(NC(=O)NCCc2nnc(-c3ccccc3)o2)ccc1=O. The molecule has 3 aromatic rings. The van der Waals surface area contributed by atoms with E-state index in [-0.39, 0.29) is 11.6 Å². The average molecular weight is 353 g/mol. The molecule has 0 aliphatic carbocycles. The standard InChI is InChI=1S/C18H19N5O3/c1-2-23-12-14(8-9-16(23)24)20-18(25)19-11-10-15-21-22-17(26-15)13-6-4-3-5-7-13/h3-9,12H,2,10-11H2,1H3,(H2,19,20,25). The second kappa shape index (κ2) is 8.11. The minimum atomic E-state index is -0.367. The summed E-state index contributed by atoms with van der Waals surface area (Å²) in [5.74, 6) is 0.899. The molecular weight excluding hydrogens is 334 g/mol. The summed E-state index contributed by atoms with van der Waals surface area (Å²) < 4.78 is 7.09. The van der Waals surface area contributed by atoms with E-state index >= 15 is 0 Å². The minimum absolute atomic E-state index is 0.107. The summed E-state index contributed by atoms with van der Waals surface area (Å²) in [6.07, 6.45) is 2.02. The smallest absolute Gasteiger partial charge is 0.319 e. The summed E-state index contributed by atoms with van der Waals surface area (Å²) in [5, 5.41) is 13.4. The van der Waals surface area contributed by atoms with Gasteiger partial charge in [-0.2, -0.15) is 0 Å². The van der Waals surface area contributed by atoms with Crippen molar-refractivity contribution in [1.29, 1.82) is 0 Å². The zero-order chi connectivity index (χ0) is 18.4. The molecule has 0 spiro atoms. The Bertz CT molecular complexity index is 933. The fraction of sp³-hybridized carbons (Fsp3) is 0.222. The molecule has 0 unspecified atom stereocenters. The van der Waals surface area contributed by atoms with E-state index in [1.54, 1.807) is 12.3 Å². The van der Waals surface area contributed by atoms with E-state index < -0.39 is 0 Å². The number of nitrogens with zero attached hydrogens (tertiary/aromatic N) is 3. The Hall–Kier alpha value is -3.42. The number of amides is 2. The van der Waals surface area contributed by atoms with Crippen molar-refractivity contribution >= 4 is 11.7 Å². The third-order valence-corrected chi connectivity index (χ3v) is 3.69. The van der Waals surface area contributed by atoms with Crippen LogP contribution >= 0.6 is 0 Å². The van der Waals surface area contributed by atoms with E-state index in [9.17, 15) is 9.59 Å². The molecule has 8 heteroatoms. The lowest BCUT2D eigenvalue weighted by molar-refractivity contribution is 0.252. The molecule has 1 aromatic carbocycles. The van der Waals surface area contributed by atoms with E-state index in [1.165, 1.54) is 10.6 Å². The predicted molar refractivity (Wildman–Crippen MR) is 96.8 cm³/mol. The molecule has 26 heavy (non-hydrogen) atoms. The number of rotatable bonds is 6. The van der Waals surface area contributed by atoms with Crippen LogP contribution in [-0.4, -0.2) is 27.3 Å². The Labute approximate surface area is 149 Å². The van der Waals surface area contributed by atoms with Crippen molar-refractivity contribution in [3.8, 4) is 11.5 Å². The number of carbonyl (C=O) groups excluding carboxylic acids is 1. The molecule has 0 saturated carbocycles. The molecular formula is C18H19N5O3. The summed E-state index contributed by atoms with van der Waals surface area (Å²) in [7, 11) is 0. The van der Waals surface area contributed by atoms with Crippen molar-refractivity contribution in [2.45, 2.75) is 19.9 Å². The number of urea groups is 1. The van der Waals surface area contributed by atoms with Crippen LogP contribution in [0.2, 0.25) is 0 Å². The number of pyridine rings is 1. The minimum Gasteiger partial charge on any atom is -0.421 e. The molecule has 0 bridgehead atoms. The molecule has 0 fully saturated rings. The quantitative estimate of drug-likeness (QED) is 0.708. The van der Waals surface area contributed by atoms with Gasteiger partial charge in [-0.05, 0) is 25.1 Å². The molecule has 2 heterocycles. The molecule has 0 aliphatic rings. The van der Waals surface area contributed by atoms with Crippen LogP contribution in [0.1, 0.15) is 12.8 Å². The second-order valence-corrected chi connectivity index (χ2v) is 5.54. The number of hydrogen-bond acceptors (Lipinski definition) is 5. The van der Waals surface area contributed by atoms with Crippen LogP contribution in [0.3, 0.4) is 0 Å². The molecule has 134 valence electrons. The molecule has 0 aliphatic heterocycles. The fourth-order valence-corrected chi connectivity index (χ4v) is 2.36. The van der Waals surface area contributed by atoms with Crippen LogP contribution in [0.4, 0.5) is 10.5 Å². The highest BCUT2D eigenvalue weighted by molar-refractivity contribution is 5.88.